The van der Waals surface area contributed by atoms with Crippen LogP contribution in [0.2, 0.25) is 0 Å². The van der Waals surface area contributed by atoms with Gasteiger partial charge in [0.15, 0.2) is 0 Å². The van der Waals surface area contributed by atoms with Crippen LogP contribution < -0.4 is 11.1 Å². The quantitative estimate of drug-likeness (QED) is 0.523. The molecule has 0 radical (unpaired) electrons. The summed E-state index contributed by atoms with van der Waals surface area (Å²) in [5.41, 5.74) is 11.3. The van der Waals surface area contributed by atoms with Crippen LogP contribution in [0.3, 0.4) is 0 Å². The van der Waals surface area contributed by atoms with Crippen molar-refractivity contribution in [2.45, 2.75) is 92.0 Å². The third kappa shape index (κ3) is 3.37. The Hall–Kier alpha value is -1.35. The number of rotatable bonds is 3. The summed E-state index contributed by atoms with van der Waals surface area (Å²) in [6.07, 6.45) is 17.2. The van der Waals surface area contributed by atoms with E-state index in [1.165, 1.54) is 56.9 Å². The molecule has 0 spiro atoms. The van der Waals surface area contributed by atoms with Gasteiger partial charge in [-0.05, 0) is 103 Å². The third-order valence-corrected chi connectivity index (χ3v) is 10.7. The number of nitrogens with one attached hydrogen (secondary N) is 1. The van der Waals surface area contributed by atoms with E-state index in [0.717, 1.165) is 23.5 Å². The van der Waals surface area contributed by atoms with Crippen molar-refractivity contribution in [2.75, 3.05) is 0 Å². The smallest absolute Gasteiger partial charge is 0.248 e. The van der Waals surface area contributed by atoms with Crippen molar-refractivity contribution in [3.8, 4) is 0 Å². The Morgan fingerprint density at radius 3 is 2.53 bits per heavy atom. The van der Waals surface area contributed by atoms with Gasteiger partial charge in [-0.15, -0.1) is 0 Å². The highest BCUT2D eigenvalue weighted by molar-refractivity contribution is 5.94. The van der Waals surface area contributed by atoms with Crippen molar-refractivity contribution in [3.63, 3.8) is 0 Å². The van der Waals surface area contributed by atoms with E-state index < -0.39 is 0 Å². The maximum Gasteiger partial charge on any atom is 0.248 e. The van der Waals surface area contributed by atoms with Gasteiger partial charge in [0.05, 0.1) is 0 Å². The molecule has 3 saturated carbocycles. The lowest BCUT2D eigenvalue weighted by Crippen LogP contribution is -2.50. The molecule has 4 aliphatic carbocycles. The third-order valence-electron chi connectivity index (χ3n) is 10.7. The first kappa shape index (κ1) is 22.4. The molecule has 0 aromatic carbocycles. The Balaban J connectivity index is 1.39. The molecule has 8 atom stereocenters. The Morgan fingerprint density at radius 1 is 1.06 bits per heavy atom. The molecule has 3 fully saturated rings. The molecule has 1 heterocycles. The van der Waals surface area contributed by atoms with E-state index in [1.807, 2.05) is 5.57 Å². The predicted molar refractivity (Wildman–Crippen MR) is 131 cm³/mol. The fourth-order valence-electron chi connectivity index (χ4n) is 8.90. The summed E-state index contributed by atoms with van der Waals surface area (Å²) < 4.78 is 0. The molecule has 5 aliphatic rings. The Labute approximate surface area is 195 Å². The first-order valence-corrected chi connectivity index (χ1v) is 13.3. The lowest BCUT2D eigenvalue weighted by atomic mass is 9.47. The van der Waals surface area contributed by atoms with Crippen molar-refractivity contribution >= 4 is 5.91 Å². The lowest BCUT2D eigenvalue weighted by Gasteiger charge is -2.58. The van der Waals surface area contributed by atoms with Crippen LogP contribution >= 0.6 is 0 Å². The summed E-state index contributed by atoms with van der Waals surface area (Å²) >= 11 is 0. The predicted octanol–water partition coefficient (Wildman–Crippen LogP) is 6.12. The molecule has 0 saturated heterocycles. The second kappa shape index (κ2) is 7.86. The van der Waals surface area contributed by atoms with Crippen molar-refractivity contribution in [3.05, 3.63) is 35.1 Å². The normalized spacial score (nSPS) is 45.7. The van der Waals surface area contributed by atoms with Crippen molar-refractivity contribution in [1.29, 1.82) is 0 Å². The molecule has 176 valence electrons. The second-order valence-electron chi connectivity index (χ2n) is 12.7. The van der Waals surface area contributed by atoms with Gasteiger partial charge in [0.1, 0.15) is 0 Å². The number of carbonyl (C=O) groups excluding carboxylic acids is 1. The molecule has 3 nitrogen and oxygen atoms in total. The number of hydrogen-bond donors (Lipinski definition) is 2. The van der Waals surface area contributed by atoms with Gasteiger partial charge in [0.25, 0.3) is 0 Å². The van der Waals surface area contributed by atoms with E-state index >= 15 is 0 Å². The van der Waals surface area contributed by atoms with Crippen molar-refractivity contribution in [2.24, 2.45) is 52.1 Å². The number of carbonyl (C=O) groups is 1. The maximum atomic E-state index is 12.0. The highest BCUT2D eigenvalue weighted by atomic mass is 16.1. The Kier molecular flexibility index (Phi) is 5.51. The summed E-state index contributed by atoms with van der Waals surface area (Å²) in [6.45, 7) is 12.0. The molecule has 0 bridgehead atoms. The van der Waals surface area contributed by atoms with Crippen LogP contribution in [0.4, 0.5) is 0 Å². The number of fused-ring (bicyclic) bond motifs is 5. The van der Waals surface area contributed by atoms with Gasteiger partial charge in [-0.1, -0.05) is 52.3 Å². The topological polar surface area (TPSA) is 55.1 Å². The summed E-state index contributed by atoms with van der Waals surface area (Å²) in [7, 11) is 0. The van der Waals surface area contributed by atoms with Crippen LogP contribution in [-0.4, -0.2) is 11.9 Å². The van der Waals surface area contributed by atoms with E-state index in [0.29, 0.717) is 34.6 Å². The van der Waals surface area contributed by atoms with E-state index in [-0.39, 0.29) is 5.91 Å². The SMILES string of the molecule is CC(C)C1=CC(=O)N/C1=C\[C@@H](C)[C@H]1CC[C@H]2C3=CC[C@H]4C[C@H](N)CC[C@]4(C)[C@H]3CC[C@]12C. The number of allylic oxidation sites excluding steroid dienone is 4. The number of amides is 1. The molecular formula is C29H44N2O. The monoisotopic (exact) mass is 436 g/mol. The van der Waals surface area contributed by atoms with Gasteiger partial charge in [-0.3, -0.25) is 4.79 Å². The van der Waals surface area contributed by atoms with Gasteiger partial charge >= 0.3 is 0 Å². The molecule has 1 aliphatic heterocycles. The fourth-order valence-corrected chi connectivity index (χ4v) is 8.90. The minimum absolute atomic E-state index is 0.0468. The zero-order valence-electron chi connectivity index (χ0n) is 20.9. The molecule has 1 amide bonds. The molecule has 5 rings (SSSR count). The molecular weight excluding hydrogens is 392 g/mol. The van der Waals surface area contributed by atoms with E-state index in [9.17, 15) is 4.79 Å². The summed E-state index contributed by atoms with van der Waals surface area (Å²) in [5, 5.41) is 3.12. The first-order valence-electron chi connectivity index (χ1n) is 13.3. The average molecular weight is 437 g/mol. The summed E-state index contributed by atoms with van der Waals surface area (Å²) in [6, 6.07) is 0.419. The number of nitrogens with two attached hydrogens (primary N) is 1. The van der Waals surface area contributed by atoms with Crippen LogP contribution in [0.1, 0.15) is 86.0 Å². The highest BCUT2D eigenvalue weighted by Gasteiger charge is 2.58. The van der Waals surface area contributed by atoms with Crippen molar-refractivity contribution < 1.29 is 4.79 Å². The van der Waals surface area contributed by atoms with Gasteiger partial charge < -0.3 is 11.1 Å². The number of hydrogen-bond acceptors (Lipinski definition) is 2. The van der Waals surface area contributed by atoms with Crippen LogP contribution in [0.15, 0.2) is 35.1 Å². The van der Waals surface area contributed by atoms with Crippen molar-refractivity contribution in [1.82, 2.24) is 5.32 Å². The van der Waals surface area contributed by atoms with Gasteiger partial charge in [0, 0.05) is 17.8 Å². The van der Waals surface area contributed by atoms with Gasteiger partial charge in [-0.2, -0.15) is 0 Å². The Morgan fingerprint density at radius 2 is 1.78 bits per heavy atom. The standard InChI is InChI=1S/C29H44N2O/c1-17(2)22-16-27(32)31-26(22)14-18(3)23-8-9-24-21-7-6-19-15-20(30)10-12-28(19,4)25(21)11-13-29(23,24)5/h7,14,16-20,23-25H,6,8-13,15,30H2,1-5H3,(H,31,32)/b26-14-/t18-,19+,20-,23-,24+,25+,28+,29-/m1/s1. The summed E-state index contributed by atoms with van der Waals surface area (Å²) in [5.74, 6) is 3.92. The zero-order chi connectivity index (χ0) is 22.8. The minimum Gasteiger partial charge on any atom is -0.328 e. The largest absolute Gasteiger partial charge is 0.328 e. The second-order valence-corrected chi connectivity index (χ2v) is 12.7. The molecule has 0 aromatic rings. The molecule has 3 N–H and O–H groups in total. The molecule has 32 heavy (non-hydrogen) atoms. The average Bonchev–Trinajstić information content (AvgIpc) is 3.27. The minimum atomic E-state index is 0.0468. The molecule has 3 heteroatoms. The van der Waals surface area contributed by atoms with E-state index in [4.69, 9.17) is 5.73 Å². The Bertz CT molecular complexity index is 882. The highest BCUT2D eigenvalue weighted by Crippen LogP contribution is 2.66. The molecule has 0 unspecified atom stereocenters. The van der Waals surface area contributed by atoms with Gasteiger partial charge in [0.2, 0.25) is 5.91 Å². The molecule has 0 aromatic heterocycles. The van der Waals surface area contributed by atoms with E-state index in [2.05, 4.69) is 52.1 Å². The van der Waals surface area contributed by atoms with Crippen LogP contribution in [0.5, 0.6) is 0 Å². The summed E-state index contributed by atoms with van der Waals surface area (Å²) in [4.78, 5) is 12.0. The van der Waals surface area contributed by atoms with Crippen LogP contribution in [0, 0.1) is 46.3 Å². The maximum absolute atomic E-state index is 12.0. The zero-order valence-corrected chi connectivity index (χ0v) is 20.9. The van der Waals surface area contributed by atoms with Gasteiger partial charge in [-0.25, -0.2) is 0 Å². The van der Waals surface area contributed by atoms with E-state index in [1.54, 1.807) is 6.08 Å². The fraction of sp³-hybridized carbons (Fsp3) is 0.759. The lowest BCUT2D eigenvalue weighted by molar-refractivity contribution is -0.115. The first-order chi connectivity index (χ1) is 15.1. The van der Waals surface area contributed by atoms with Crippen LogP contribution in [-0.2, 0) is 4.79 Å². The van der Waals surface area contributed by atoms with Crippen LogP contribution in [0.25, 0.3) is 0 Å².